The summed E-state index contributed by atoms with van der Waals surface area (Å²) in [6, 6.07) is 11.3. The standard InChI is InChI=1S/C17H17ClFNO/c1-11-4-2-7-15(16(11)19)21-17-12(5-3-6-14(17)18)10-20-13-8-9-13/h2-7,13,20H,8-10H2,1H3. The second-order valence-electron chi connectivity index (χ2n) is 5.37. The summed E-state index contributed by atoms with van der Waals surface area (Å²) in [7, 11) is 0. The van der Waals surface area contributed by atoms with E-state index in [2.05, 4.69) is 5.32 Å². The minimum Gasteiger partial charge on any atom is -0.452 e. The Morgan fingerprint density at radius 1 is 1.24 bits per heavy atom. The van der Waals surface area contributed by atoms with Gasteiger partial charge >= 0.3 is 0 Å². The summed E-state index contributed by atoms with van der Waals surface area (Å²) in [4.78, 5) is 0. The average Bonchev–Trinajstić information content (AvgIpc) is 3.28. The highest BCUT2D eigenvalue weighted by atomic mass is 35.5. The van der Waals surface area contributed by atoms with Gasteiger partial charge in [-0.05, 0) is 37.5 Å². The van der Waals surface area contributed by atoms with Gasteiger partial charge in [-0.3, -0.25) is 0 Å². The Labute approximate surface area is 128 Å². The molecule has 0 spiro atoms. The van der Waals surface area contributed by atoms with Crippen LogP contribution in [0.2, 0.25) is 5.02 Å². The molecule has 0 atom stereocenters. The molecule has 0 aliphatic heterocycles. The van der Waals surface area contributed by atoms with Crippen molar-refractivity contribution in [3.8, 4) is 11.5 Å². The van der Waals surface area contributed by atoms with E-state index in [0.717, 1.165) is 5.56 Å². The van der Waals surface area contributed by atoms with Crippen LogP contribution in [0.25, 0.3) is 0 Å². The lowest BCUT2D eigenvalue weighted by atomic mass is 10.2. The van der Waals surface area contributed by atoms with Crippen molar-refractivity contribution in [3.05, 3.63) is 58.4 Å². The molecule has 0 radical (unpaired) electrons. The Balaban J connectivity index is 1.87. The molecule has 1 saturated carbocycles. The lowest BCUT2D eigenvalue weighted by molar-refractivity contribution is 0.434. The highest BCUT2D eigenvalue weighted by molar-refractivity contribution is 6.32. The number of hydrogen-bond donors (Lipinski definition) is 1. The first-order chi connectivity index (χ1) is 10.1. The Bertz CT molecular complexity index is 655. The summed E-state index contributed by atoms with van der Waals surface area (Å²) in [6.07, 6.45) is 2.42. The van der Waals surface area contributed by atoms with Crippen molar-refractivity contribution in [2.45, 2.75) is 32.4 Å². The monoisotopic (exact) mass is 305 g/mol. The van der Waals surface area contributed by atoms with Crippen molar-refractivity contribution >= 4 is 11.6 Å². The van der Waals surface area contributed by atoms with Crippen molar-refractivity contribution < 1.29 is 9.13 Å². The van der Waals surface area contributed by atoms with E-state index >= 15 is 0 Å². The Hall–Kier alpha value is -1.58. The summed E-state index contributed by atoms with van der Waals surface area (Å²) < 4.78 is 19.8. The van der Waals surface area contributed by atoms with Crippen molar-refractivity contribution in [1.82, 2.24) is 5.32 Å². The molecule has 0 aromatic heterocycles. The summed E-state index contributed by atoms with van der Waals surface area (Å²) in [6.45, 7) is 2.39. The van der Waals surface area contributed by atoms with E-state index in [1.165, 1.54) is 12.8 Å². The maximum atomic E-state index is 14.1. The number of benzene rings is 2. The van der Waals surface area contributed by atoms with E-state index < -0.39 is 0 Å². The maximum absolute atomic E-state index is 14.1. The smallest absolute Gasteiger partial charge is 0.168 e. The van der Waals surface area contributed by atoms with Gasteiger partial charge in [0, 0.05) is 18.2 Å². The molecule has 1 aliphatic rings. The third-order valence-corrected chi connectivity index (χ3v) is 3.87. The molecule has 21 heavy (non-hydrogen) atoms. The van der Waals surface area contributed by atoms with Crippen molar-refractivity contribution in [1.29, 1.82) is 0 Å². The number of hydrogen-bond acceptors (Lipinski definition) is 2. The largest absolute Gasteiger partial charge is 0.452 e. The third kappa shape index (κ3) is 3.36. The summed E-state index contributed by atoms with van der Waals surface area (Å²) in [5, 5.41) is 3.91. The molecule has 0 saturated heterocycles. The maximum Gasteiger partial charge on any atom is 0.168 e. The van der Waals surface area contributed by atoms with E-state index in [0.29, 0.717) is 28.9 Å². The molecule has 0 amide bonds. The molecule has 0 unspecified atom stereocenters. The molecule has 0 heterocycles. The van der Waals surface area contributed by atoms with Crippen LogP contribution in [-0.4, -0.2) is 6.04 Å². The van der Waals surface area contributed by atoms with E-state index in [9.17, 15) is 4.39 Å². The third-order valence-electron chi connectivity index (χ3n) is 3.58. The number of halogens is 2. The predicted molar refractivity (Wildman–Crippen MR) is 82.5 cm³/mol. The van der Waals surface area contributed by atoms with Crippen molar-refractivity contribution in [2.24, 2.45) is 0 Å². The van der Waals surface area contributed by atoms with Crippen LogP contribution in [0.4, 0.5) is 4.39 Å². The van der Waals surface area contributed by atoms with Gasteiger partial charge in [0.2, 0.25) is 0 Å². The van der Waals surface area contributed by atoms with Gasteiger partial charge in [0.25, 0.3) is 0 Å². The van der Waals surface area contributed by atoms with Crippen LogP contribution >= 0.6 is 11.6 Å². The van der Waals surface area contributed by atoms with Gasteiger partial charge in [-0.15, -0.1) is 0 Å². The zero-order valence-corrected chi connectivity index (χ0v) is 12.6. The molecular formula is C17H17ClFNO. The SMILES string of the molecule is Cc1cccc(Oc2c(Cl)cccc2CNC2CC2)c1F. The molecule has 3 rings (SSSR count). The quantitative estimate of drug-likeness (QED) is 0.854. The second-order valence-corrected chi connectivity index (χ2v) is 5.78. The summed E-state index contributed by atoms with van der Waals surface area (Å²) in [5.74, 6) is 0.381. The van der Waals surface area contributed by atoms with Gasteiger partial charge in [0.05, 0.1) is 5.02 Å². The Kier molecular flexibility index (Phi) is 4.13. The number of nitrogens with one attached hydrogen (secondary N) is 1. The van der Waals surface area contributed by atoms with Gasteiger partial charge < -0.3 is 10.1 Å². The van der Waals surface area contributed by atoms with Gasteiger partial charge in [-0.1, -0.05) is 35.9 Å². The van der Waals surface area contributed by atoms with E-state index in [4.69, 9.17) is 16.3 Å². The van der Waals surface area contributed by atoms with Crippen LogP contribution in [0.1, 0.15) is 24.0 Å². The fourth-order valence-corrected chi connectivity index (χ4v) is 2.39. The molecule has 1 aliphatic carbocycles. The van der Waals surface area contributed by atoms with Crippen LogP contribution in [-0.2, 0) is 6.54 Å². The Morgan fingerprint density at radius 3 is 2.76 bits per heavy atom. The zero-order chi connectivity index (χ0) is 14.8. The molecule has 0 bridgehead atoms. The molecule has 2 aromatic rings. The Morgan fingerprint density at radius 2 is 2.00 bits per heavy atom. The minimum absolute atomic E-state index is 0.204. The lowest BCUT2D eigenvalue weighted by Crippen LogP contribution is -2.15. The molecular weight excluding hydrogens is 289 g/mol. The van der Waals surface area contributed by atoms with Crippen LogP contribution in [0.5, 0.6) is 11.5 Å². The molecule has 2 aromatic carbocycles. The minimum atomic E-state index is -0.349. The number of aryl methyl sites for hydroxylation is 1. The van der Waals surface area contributed by atoms with Gasteiger partial charge in [0.1, 0.15) is 0 Å². The van der Waals surface area contributed by atoms with Crippen molar-refractivity contribution in [2.75, 3.05) is 0 Å². The van der Waals surface area contributed by atoms with Crippen LogP contribution in [0, 0.1) is 12.7 Å². The van der Waals surface area contributed by atoms with E-state index in [-0.39, 0.29) is 11.6 Å². The molecule has 110 valence electrons. The van der Waals surface area contributed by atoms with Gasteiger partial charge in [-0.2, -0.15) is 0 Å². The molecule has 1 N–H and O–H groups in total. The van der Waals surface area contributed by atoms with Crippen molar-refractivity contribution in [3.63, 3.8) is 0 Å². The highest BCUT2D eigenvalue weighted by Gasteiger charge is 2.21. The fourth-order valence-electron chi connectivity index (χ4n) is 2.16. The lowest BCUT2D eigenvalue weighted by Gasteiger charge is -2.14. The number of rotatable bonds is 5. The van der Waals surface area contributed by atoms with E-state index in [1.807, 2.05) is 12.1 Å². The molecule has 1 fully saturated rings. The second kappa shape index (κ2) is 6.04. The molecule has 4 heteroatoms. The first kappa shape index (κ1) is 14.4. The highest BCUT2D eigenvalue weighted by Crippen LogP contribution is 2.35. The normalized spacial score (nSPS) is 14.2. The van der Waals surface area contributed by atoms with E-state index in [1.54, 1.807) is 31.2 Å². The summed E-state index contributed by atoms with van der Waals surface area (Å²) >= 11 is 6.23. The van der Waals surface area contributed by atoms with Gasteiger partial charge in [-0.25, -0.2) is 4.39 Å². The van der Waals surface area contributed by atoms with Crippen LogP contribution in [0.3, 0.4) is 0 Å². The number of ether oxygens (including phenoxy) is 1. The average molecular weight is 306 g/mol. The fraction of sp³-hybridized carbons (Fsp3) is 0.294. The van der Waals surface area contributed by atoms with Crippen LogP contribution < -0.4 is 10.1 Å². The van der Waals surface area contributed by atoms with Gasteiger partial charge in [0.15, 0.2) is 17.3 Å². The summed E-state index contributed by atoms with van der Waals surface area (Å²) in [5.41, 5.74) is 1.49. The first-order valence-corrected chi connectivity index (χ1v) is 7.46. The number of para-hydroxylation sites is 1. The zero-order valence-electron chi connectivity index (χ0n) is 11.8. The topological polar surface area (TPSA) is 21.3 Å². The van der Waals surface area contributed by atoms with Crippen LogP contribution in [0.15, 0.2) is 36.4 Å². The first-order valence-electron chi connectivity index (χ1n) is 7.09. The molecule has 2 nitrogen and oxygen atoms in total. The predicted octanol–water partition coefficient (Wildman–Crippen LogP) is 4.83.